The number of rotatable bonds is 5. The fraction of sp³-hybridized carbons (Fsp3) is 0.500. The Labute approximate surface area is 158 Å². The normalized spacial score (nSPS) is 20.7. The Morgan fingerprint density at radius 2 is 2.11 bits per heavy atom. The molecule has 1 aromatic heterocycles. The van der Waals surface area contributed by atoms with Gasteiger partial charge in [0.25, 0.3) is 0 Å². The molecule has 0 amide bonds. The third kappa shape index (κ3) is 3.22. The summed E-state index contributed by atoms with van der Waals surface area (Å²) in [5.41, 5.74) is 2.51. The standard InChI is InChI=1S/C20H25N5O2/c1-4-5-10-27-16-9-7-6-8-13(16)18-17-14(11-20(2,3)12-15(17)26)21-19-22-23-24-25(18)19/h6-9,18H,4-5,10-12H2,1-3H3,(H,21,22,24)/t18-/m1/s1. The maximum absolute atomic E-state index is 13.1. The van der Waals surface area contributed by atoms with Gasteiger partial charge in [-0.25, -0.2) is 0 Å². The highest BCUT2D eigenvalue weighted by molar-refractivity contribution is 6.00. The molecule has 0 radical (unpaired) electrons. The fourth-order valence-corrected chi connectivity index (χ4v) is 3.92. The molecule has 0 saturated carbocycles. The number of para-hydroxylation sites is 1. The number of hydrogen-bond acceptors (Lipinski definition) is 6. The first-order valence-electron chi connectivity index (χ1n) is 9.53. The number of nitrogens with zero attached hydrogens (tertiary/aromatic N) is 4. The van der Waals surface area contributed by atoms with Crippen LogP contribution in [0, 0.1) is 5.41 Å². The summed E-state index contributed by atoms with van der Waals surface area (Å²) in [5, 5.41) is 15.4. The third-order valence-electron chi connectivity index (χ3n) is 5.16. The van der Waals surface area contributed by atoms with Gasteiger partial charge in [-0.1, -0.05) is 50.5 Å². The molecule has 1 atom stereocenters. The average Bonchev–Trinajstić information content (AvgIpc) is 3.08. The SMILES string of the molecule is CCCCOc1ccccc1[C@@H]1C2=C(CC(C)(C)CC2=O)Nc2nnnn21. The van der Waals surface area contributed by atoms with Crippen molar-refractivity contribution in [2.75, 3.05) is 11.9 Å². The zero-order valence-corrected chi connectivity index (χ0v) is 16.0. The van der Waals surface area contributed by atoms with Crippen LogP contribution in [0.15, 0.2) is 35.5 Å². The molecule has 7 heteroatoms. The van der Waals surface area contributed by atoms with Crippen molar-refractivity contribution < 1.29 is 9.53 Å². The Morgan fingerprint density at radius 1 is 1.30 bits per heavy atom. The zero-order chi connectivity index (χ0) is 19.0. The minimum absolute atomic E-state index is 0.0831. The van der Waals surface area contributed by atoms with E-state index in [-0.39, 0.29) is 17.2 Å². The largest absolute Gasteiger partial charge is 0.493 e. The molecule has 0 saturated heterocycles. The number of fused-ring (bicyclic) bond motifs is 1. The van der Waals surface area contributed by atoms with E-state index in [0.717, 1.165) is 41.8 Å². The number of aromatic nitrogens is 4. The number of anilines is 1. The van der Waals surface area contributed by atoms with Crippen LogP contribution in [0.25, 0.3) is 0 Å². The van der Waals surface area contributed by atoms with E-state index in [1.165, 1.54) is 0 Å². The highest BCUT2D eigenvalue weighted by atomic mass is 16.5. The van der Waals surface area contributed by atoms with Crippen LogP contribution in [0.4, 0.5) is 5.95 Å². The Bertz CT molecular complexity index is 899. The maximum atomic E-state index is 13.1. The molecule has 7 nitrogen and oxygen atoms in total. The monoisotopic (exact) mass is 367 g/mol. The molecule has 142 valence electrons. The molecule has 27 heavy (non-hydrogen) atoms. The van der Waals surface area contributed by atoms with Crippen LogP contribution in [-0.4, -0.2) is 32.6 Å². The van der Waals surface area contributed by atoms with E-state index >= 15 is 0 Å². The summed E-state index contributed by atoms with van der Waals surface area (Å²) in [7, 11) is 0. The number of unbranched alkanes of at least 4 members (excludes halogenated alkanes) is 1. The summed E-state index contributed by atoms with van der Waals surface area (Å²) in [6.07, 6.45) is 3.35. The van der Waals surface area contributed by atoms with Gasteiger partial charge in [0.05, 0.1) is 6.61 Å². The molecule has 4 rings (SSSR count). The van der Waals surface area contributed by atoms with Crippen LogP contribution in [0.5, 0.6) is 5.75 Å². The zero-order valence-electron chi connectivity index (χ0n) is 16.0. The Kier molecular flexibility index (Phi) is 4.45. The van der Waals surface area contributed by atoms with Crippen LogP contribution in [-0.2, 0) is 4.79 Å². The molecule has 1 N–H and O–H groups in total. The predicted octanol–water partition coefficient (Wildman–Crippen LogP) is 3.51. The number of allylic oxidation sites excluding steroid dienone is 2. The molecular formula is C20H25N5O2. The van der Waals surface area contributed by atoms with E-state index in [1.54, 1.807) is 4.68 Å². The van der Waals surface area contributed by atoms with Gasteiger partial charge in [-0.3, -0.25) is 4.79 Å². The lowest BCUT2D eigenvalue weighted by Crippen LogP contribution is -2.36. The fourth-order valence-electron chi connectivity index (χ4n) is 3.92. The third-order valence-corrected chi connectivity index (χ3v) is 5.16. The van der Waals surface area contributed by atoms with Crippen molar-refractivity contribution >= 4 is 11.7 Å². The van der Waals surface area contributed by atoms with Crippen LogP contribution in [0.3, 0.4) is 0 Å². The molecule has 2 heterocycles. The minimum atomic E-state index is -0.368. The lowest BCUT2D eigenvalue weighted by Gasteiger charge is -2.38. The Hall–Kier alpha value is -2.70. The lowest BCUT2D eigenvalue weighted by molar-refractivity contribution is -0.118. The van der Waals surface area contributed by atoms with Crippen molar-refractivity contribution in [2.24, 2.45) is 5.41 Å². The number of ketones is 1. The van der Waals surface area contributed by atoms with E-state index in [9.17, 15) is 4.79 Å². The van der Waals surface area contributed by atoms with Gasteiger partial charge in [0.1, 0.15) is 11.8 Å². The van der Waals surface area contributed by atoms with Crippen molar-refractivity contribution in [1.29, 1.82) is 0 Å². The van der Waals surface area contributed by atoms with E-state index in [2.05, 4.69) is 41.6 Å². The first-order valence-corrected chi connectivity index (χ1v) is 9.53. The number of Topliss-reactive ketones (excluding diaryl/α,β-unsaturated/α-hetero) is 1. The van der Waals surface area contributed by atoms with Gasteiger partial charge in [0.15, 0.2) is 5.78 Å². The quantitative estimate of drug-likeness (QED) is 0.815. The van der Waals surface area contributed by atoms with E-state index in [1.807, 2.05) is 24.3 Å². The molecule has 0 bridgehead atoms. The Balaban J connectivity index is 1.82. The maximum Gasteiger partial charge on any atom is 0.248 e. The van der Waals surface area contributed by atoms with Gasteiger partial charge in [-0.2, -0.15) is 4.68 Å². The second kappa shape index (κ2) is 6.79. The molecule has 0 unspecified atom stereocenters. The first-order chi connectivity index (χ1) is 13.0. The van der Waals surface area contributed by atoms with E-state index in [0.29, 0.717) is 19.0 Å². The molecule has 2 aromatic rings. The molecule has 1 aliphatic heterocycles. The van der Waals surface area contributed by atoms with Gasteiger partial charge in [-0.15, -0.1) is 0 Å². The topological polar surface area (TPSA) is 81.9 Å². The second-order valence-corrected chi connectivity index (χ2v) is 8.05. The van der Waals surface area contributed by atoms with Crippen LogP contribution in [0.2, 0.25) is 0 Å². The van der Waals surface area contributed by atoms with Crippen LogP contribution >= 0.6 is 0 Å². The van der Waals surface area contributed by atoms with Gasteiger partial charge in [-0.05, 0) is 34.7 Å². The van der Waals surface area contributed by atoms with Crippen molar-refractivity contribution in [3.05, 3.63) is 41.1 Å². The molecule has 0 fully saturated rings. The Morgan fingerprint density at radius 3 is 2.93 bits per heavy atom. The van der Waals surface area contributed by atoms with Crippen LogP contribution < -0.4 is 10.1 Å². The van der Waals surface area contributed by atoms with Gasteiger partial charge in [0, 0.05) is 23.3 Å². The number of carbonyl (C=O) groups excluding carboxylic acids is 1. The summed E-state index contributed by atoms with van der Waals surface area (Å²) in [4.78, 5) is 13.1. The summed E-state index contributed by atoms with van der Waals surface area (Å²) >= 11 is 0. The van der Waals surface area contributed by atoms with Crippen molar-refractivity contribution in [3.8, 4) is 5.75 Å². The lowest BCUT2D eigenvalue weighted by atomic mass is 9.73. The summed E-state index contributed by atoms with van der Waals surface area (Å²) in [6.45, 7) is 7.01. The number of benzene rings is 1. The van der Waals surface area contributed by atoms with E-state index < -0.39 is 0 Å². The highest BCUT2D eigenvalue weighted by Gasteiger charge is 2.42. The van der Waals surface area contributed by atoms with Crippen molar-refractivity contribution in [3.63, 3.8) is 0 Å². The summed E-state index contributed by atoms with van der Waals surface area (Å²) < 4.78 is 7.73. The first kappa shape index (κ1) is 17.7. The van der Waals surface area contributed by atoms with Crippen molar-refractivity contribution in [2.45, 2.75) is 52.5 Å². The van der Waals surface area contributed by atoms with Gasteiger partial charge < -0.3 is 10.1 Å². The highest BCUT2D eigenvalue weighted by Crippen LogP contribution is 2.46. The number of carbonyl (C=O) groups is 1. The van der Waals surface area contributed by atoms with E-state index in [4.69, 9.17) is 4.74 Å². The van der Waals surface area contributed by atoms with Crippen LogP contribution in [0.1, 0.15) is 58.1 Å². The summed E-state index contributed by atoms with van der Waals surface area (Å²) in [6, 6.07) is 7.50. The number of nitrogens with one attached hydrogen (secondary N) is 1. The van der Waals surface area contributed by atoms with Crippen molar-refractivity contribution in [1.82, 2.24) is 20.2 Å². The molecule has 2 aliphatic rings. The number of tetrazole rings is 1. The van der Waals surface area contributed by atoms with Gasteiger partial charge in [0.2, 0.25) is 5.95 Å². The molecule has 0 spiro atoms. The predicted molar refractivity (Wildman–Crippen MR) is 101 cm³/mol. The second-order valence-electron chi connectivity index (χ2n) is 8.05. The molecule has 1 aliphatic carbocycles. The minimum Gasteiger partial charge on any atom is -0.493 e. The molecular weight excluding hydrogens is 342 g/mol. The average molecular weight is 367 g/mol. The number of ether oxygens (including phenoxy) is 1. The smallest absolute Gasteiger partial charge is 0.248 e. The summed E-state index contributed by atoms with van der Waals surface area (Å²) in [5.74, 6) is 1.49. The molecule has 1 aromatic carbocycles. The van der Waals surface area contributed by atoms with Gasteiger partial charge >= 0.3 is 0 Å². The number of hydrogen-bond donors (Lipinski definition) is 1.